The minimum absolute atomic E-state index is 0.323. The number of fused-ring (bicyclic) bond motifs is 1. The van der Waals surface area contributed by atoms with E-state index in [0.29, 0.717) is 11.4 Å². The van der Waals surface area contributed by atoms with Gasteiger partial charge in [-0.3, -0.25) is 4.57 Å². The molecule has 21 heavy (non-hydrogen) atoms. The molecule has 0 unspecified atom stereocenters. The maximum atomic E-state index is 9.13. The van der Waals surface area contributed by atoms with Crippen molar-refractivity contribution >= 4 is 22.6 Å². The Morgan fingerprint density at radius 2 is 2.00 bits per heavy atom. The van der Waals surface area contributed by atoms with Crippen LogP contribution in [0.1, 0.15) is 22.5 Å². The molecule has 0 atom stereocenters. The van der Waals surface area contributed by atoms with Gasteiger partial charge in [-0.1, -0.05) is 12.1 Å². The third kappa shape index (κ3) is 2.28. The van der Waals surface area contributed by atoms with Crippen molar-refractivity contribution in [2.24, 2.45) is 0 Å². The largest absolute Gasteiger partial charge is 0.295 e. The molecule has 0 fully saturated rings. The van der Waals surface area contributed by atoms with Gasteiger partial charge in [-0.25, -0.2) is 4.98 Å². The van der Waals surface area contributed by atoms with E-state index in [2.05, 4.69) is 24.0 Å². The quantitative estimate of drug-likeness (QED) is 0.663. The first-order chi connectivity index (χ1) is 10.1. The van der Waals surface area contributed by atoms with Crippen LogP contribution < -0.4 is 0 Å². The van der Waals surface area contributed by atoms with Gasteiger partial charge in [0.2, 0.25) is 0 Å². The second kappa shape index (κ2) is 5.23. The van der Waals surface area contributed by atoms with Crippen LogP contribution in [-0.2, 0) is 5.88 Å². The van der Waals surface area contributed by atoms with Gasteiger partial charge in [-0.15, -0.1) is 11.6 Å². The fourth-order valence-corrected chi connectivity index (χ4v) is 2.69. The minimum atomic E-state index is 0.323. The number of nitriles is 1. The standard InChI is InChI=1S/C17H14ClN3/c1-11-3-6-14-16(7-11)21(17(9-18)20-14)15-8-13(10-19)5-4-12(15)2/h3-8H,9H2,1-2H3. The monoisotopic (exact) mass is 295 g/mol. The molecule has 104 valence electrons. The number of halogens is 1. The SMILES string of the molecule is Cc1ccc2nc(CCl)n(-c3cc(C#N)ccc3C)c2c1. The van der Waals surface area contributed by atoms with Crippen LogP contribution in [0.3, 0.4) is 0 Å². The molecule has 0 saturated heterocycles. The molecule has 4 heteroatoms. The number of rotatable bonds is 2. The average molecular weight is 296 g/mol. The Morgan fingerprint density at radius 3 is 2.71 bits per heavy atom. The molecule has 2 aromatic carbocycles. The number of nitrogens with zero attached hydrogens (tertiary/aromatic N) is 3. The summed E-state index contributed by atoms with van der Waals surface area (Å²) in [6, 6.07) is 14.0. The number of imidazole rings is 1. The van der Waals surface area contributed by atoms with E-state index in [1.165, 1.54) is 5.56 Å². The molecule has 0 radical (unpaired) electrons. The third-order valence-electron chi connectivity index (χ3n) is 3.58. The molecular weight excluding hydrogens is 282 g/mol. The lowest BCUT2D eigenvalue weighted by atomic mass is 10.1. The highest BCUT2D eigenvalue weighted by Crippen LogP contribution is 2.26. The molecule has 0 aliphatic heterocycles. The molecule has 3 rings (SSSR count). The number of hydrogen-bond donors (Lipinski definition) is 0. The topological polar surface area (TPSA) is 41.6 Å². The van der Waals surface area contributed by atoms with Crippen LogP contribution in [0.2, 0.25) is 0 Å². The summed E-state index contributed by atoms with van der Waals surface area (Å²) < 4.78 is 2.05. The Hall–Kier alpha value is -2.31. The minimum Gasteiger partial charge on any atom is -0.295 e. The maximum Gasteiger partial charge on any atom is 0.129 e. The second-order valence-electron chi connectivity index (χ2n) is 5.10. The van der Waals surface area contributed by atoms with Crippen molar-refractivity contribution in [1.29, 1.82) is 5.26 Å². The van der Waals surface area contributed by atoms with Gasteiger partial charge >= 0.3 is 0 Å². The molecule has 0 spiro atoms. The van der Waals surface area contributed by atoms with Crippen LogP contribution in [0.4, 0.5) is 0 Å². The highest BCUT2D eigenvalue weighted by molar-refractivity contribution is 6.17. The fourth-order valence-electron chi connectivity index (χ4n) is 2.51. The summed E-state index contributed by atoms with van der Waals surface area (Å²) >= 11 is 6.07. The zero-order valence-corrected chi connectivity index (χ0v) is 12.6. The van der Waals surface area contributed by atoms with Crippen molar-refractivity contribution in [3.05, 3.63) is 58.9 Å². The molecule has 0 amide bonds. The Morgan fingerprint density at radius 1 is 1.19 bits per heavy atom. The zero-order valence-electron chi connectivity index (χ0n) is 11.9. The van der Waals surface area contributed by atoms with Crippen LogP contribution in [-0.4, -0.2) is 9.55 Å². The first-order valence-corrected chi connectivity index (χ1v) is 7.22. The van der Waals surface area contributed by atoms with E-state index in [1.54, 1.807) is 0 Å². The summed E-state index contributed by atoms with van der Waals surface area (Å²) in [5.41, 5.74) is 5.77. The van der Waals surface area contributed by atoms with Crippen molar-refractivity contribution in [1.82, 2.24) is 9.55 Å². The van der Waals surface area contributed by atoms with Crippen LogP contribution >= 0.6 is 11.6 Å². The van der Waals surface area contributed by atoms with Crippen molar-refractivity contribution in [2.75, 3.05) is 0 Å². The number of alkyl halides is 1. The molecule has 0 aliphatic carbocycles. The van der Waals surface area contributed by atoms with Gasteiger partial charge in [-0.05, 0) is 49.2 Å². The summed E-state index contributed by atoms with van der Waals surface area (Å²) in [5, 5.41) is 9.13. The number of aromatic nitrogens is 2. The van der Waals surface area contributed by atoms with Crippen molar-refractivity contribution < 1.29 is 0 Å². The third-order valence-corrected chi connectivity index (χ3v) is 3.82. The van der Waals surface area contributed by atoms with Gasteiger partial charge in [0.15, 0.2) is 0 Å². The van der Waals surface area contributed by atoms with Gasteiger partial charge in [-0.2, -0.15) is 5.26 Å². The van der Waals surface area contributed by atoms with Crippen molar-refractivity contribution in [2.45, 2.75) is 19.7 Å². The average Bonchev–Trinajstić information content (AvgIpc) is 2.85. The molecule has 0 saturated carbocycles. The van der Waals surface area contributed by atoms with E-state index in [1.807, 2.05) is 41.8 Å². The summed E-state index contributed by atoms with van der Waals surface area (Å²) in [6.45, 7) is 4.08. The number of hydrogen-bond acceptors (Lipinski definition) is 2. The molecule has 0 N–H and O–H groups in total. The molecule has 1 aromatic heterocycles. The summed E-state index contributed by atoms with van der Waals surface area (Å²) in [6.07, 6.45) is 0. The van der Waals surface area contributed by atoms with E-state index in [9.17, 15) is 0 Å². The van der Waals surface area contributed by atoms with E-state index < -0.39 is 0 Å². The first-order valence-electron chi connectivity index (χ1n) is 6.69. The Bertz CT molecular complexity index is 872. The van der Waals surface area contributed by atoms with Gasteiger partial charge in [0.25, 0.3) is 0 Å². The molecule has 0 aliphatic rings. The van der Waals surface area contributed by atoms with Crippen molar-refractivity contribution in [3.8, 4) is 11.8 Å². The Balaban J connectivity index is 2.38. The van der Waals surface area contributed by atoms with Crippen LogP contribution in [0.25, 0.3) is 16.7 Å². The lowest BCUT2D eigenvalue weighted by Gasteiger charge is -2.11. The summed E-state index contributed by atoms with van der Waals surface area (Å²) in [5.74, 6) is 1.11. The van der Waals surface area contributed by atoms with Gasteiger partial charge in [0.1, 0.15) is 5.82 Å². The summed E-state index contributed by atoms with van der Waals surface area (Å²) in [4.78, 5) is 4.59. The Labute approximate surface area is 128 Å². The van der Waals surface area contributed by atoms with E-state index in [0.717, 1.165) is 28.1 Å². The van der Waals surface area contributed by atoms with Crippen LogP contribution in [0.15, 0.2) is 36.4 Å². The molecular formula is C17H14ClN3. The number of benzene rings is 2. The molecule has 0 bridgehead atoms. The lowest BCUT2D eigenvalue weighted by Crippen LogP contribution is -2.02. The zero-order chi connectivity index (χ0) is 15.0. The smallest absolute Gasteiger partial charge is 0.129 e. The van der Waals surface area contributed by atoms with Crippen molar-refractivity contribution in [3.63, 3.8) is 0 Å². The highest BCUT2D eigenvalue weighted by atomic mass is 35.5. The maximum absolute atomic E-state index is 9.13. The fraction of sp³-hybridized carbons (Fsp3) is 0.176. The second-order valence-corrected chi connectivity index (χ2v) is 5.37. The predicted octanol–water partition coefficient (Wildman–Crippen LogP) is 4.25. The Kier molecular flexibility index (Phi) is 3.40. The normalized spacial score (nSPS) is 10.8. The van der Waals surface area contributed by atoms with Gasteiger partial charge in [0.05, 0.1) is 34.2 Å². The van der Waals surface area contributed by atoms with Gasteiger partial charge in [0, 0.05) is 0 Å². The van der Waals surface area contributed by atoms with E-state index in [-0.39, 0.29) is 0 Å². The van der Waals surface area contributed by atoms with Crippen LogP contribution in [0.5, 0.6) is 0 Å². The first kappa shape index (κ1) is 13.7. The van der Waals surface area contributed by atoms with E-state index in [4.69, 9.17) is 16.9 Å². The van der Waals surface area contributed by atoms with Gasteiger partial charge < -0.3 is 0 Å². The predicted molar refractivity (Wildman–Crippen MR) is 84.8 cm³/mol. The van der Waals surface area contributed by atoms with Crippen LogP contribution in [0, 0.1) is 25.2 Å². The van der Waals surface area contributed by atoms with E-state index >= 15 is 0 Å². The highest BCUT2D eigenvalue weighted by Gasteiger charge is 2.14. The molecule has 1 heterocycles. The number of aryl methyl sites for hydroxylation is 2. The molecule has 3 aromatic rings. The lowest BCUT2D eigenvalue weighted by molar-refractivity contribution is 0.971. The summed E-state index contributed by atoms with van der Waals surface area (Å²) in [7, 11) is 0. The molecule has 3 nitrogen and oxygen atoms in total.